The molecule has 11 aromatic rings. The summed E-state index contributed by atoms with van der Waals surface area (Å²) in [5.74, 6) is 6.00. The maximum absolute atomic E-state index is 7.04. The molecule has 14 rings (SSSR count). The van der Waals surface area contributed by atoms with Gasteiger partial charge in [0.15, 0.2) is 0 Å². The molecule has 0 saturated carbocycles. The van der Waals surface area contributed by atoms with Crippen molar-refractivity contribution in [3.63, 3.8) is 0 Å². The largest absolute Gasteiger partial charge is 0.494 e. The van der Waals surface area contributed by atoms with Crippen LogP contribution in [0.15, 0.2) is 188 Å². The third-order valence-electron chi connectivity index (χ3n) is 15.0. The van der Waals surface area contributed by atoms with Crippen molar-refractivity contribution in [3.8, 4) is 57.1 Å². The second kappa shape index (κ2) is 15.0. The molecule has 0 amide bonds. The fourth-order valence-corrected chi connectivity index (χ4v) is 12.0. The van der Waals surface area contributed by atoms with Gasteiger partial charge in [0.25, 0.3) is 6.71 Å². The van der Waals surface area contributed by atoms with E-state index < -0.39 is 0 Å². The molecule has 0 fully saturated rings. The first-order chi connectivity index (χ1) is 33.5. The van der Waals surface area contributed by atoms with Crippen molar-refractivity contribution in [3.05, 3.63) is 188 Å². The first kappa shape index (κ1) is 39.1. The number of para-hydroxylation sites is 7. The fourth-order valence-electron chi connectivity index (χ4n) is 12.0. The summed E-state index contributed by atoms with van der Waals surface area (Å²) in [6.07, 6.45) is 0. The molecule has 1 unspecified atom stereocenters. The van der Waals surface area contributed by atoms with Crippen LogP contribution in [-0.2, 0) is 0 Å². The second-order valence-corrected chi connectivity index (χ2v) is 18.6. The SMILES string of the molecule is CCOc1cc(-c2cccc3c4ccccc4n(-c4cc5c6c(c4)Oc4ccccc4B6c4ccccc4O5)c23)cc2c1B(C(C)[C@@H](C)n1c3ccccc3c3ccccc31)c1ccccc1O2. The number of fused-ring (bicyclic) bond motifs is 12. The smallest absolute Gasteiger partial charge is 0.260 e. The van der Waals surface area contributed by atoms with Crippen LogP contribution in [0, 0.1) is 0 Å². The molecule has 0 radical (unpaired) electrons. The minimum Gasteiger partial charge on any atom is -0.494 e. The zero-order chi connectivity index (χ0) is 45.2. The normalized spacial score (nSPS) is 14.0. The summed E-state index contributed by atoms with van der Waals surface area (Å²) in [4.78, 5) is 0. The Balaban J connectivity index is 0.963. The Morgan fingerprint density at radius 2 is 0.985 bits per heavy atom. The maximum atomic E-state index is 7.04. The fraction of sp³-hybridized carbons (Fsp3) is 0.100. The van der Waals surface area contributed by atoms with Gasteiger partial charge in [0.2, 0.25) is 6.71 Å². The molecule has 2 aromatic heterocycles. The molecule has 0 N–H and O–H groups in total. The summed E-state index contributed by atoms with van der Waals surface area (Å²) in [6.45, 7) is 7.32. The van der Waals surface area contributed by atoms with Crippen LogP contribution in [0.2, 0.25) is 5.82 Å². The monoisotopic (exact) mass is 878 g/mol. The predicted molar refractivity (Wildman–Crippen MR) is 280 cm³/mol. The number of rotatable bonds is 7. The highest BCUT2D eigenvalue weighted by molar-refractivity contribution is 6.98. The van der Waals surface area contributed by atoms with Gasteiger partial charge in [-0.3, -0.25) is 0 Å². The average Bonchev–Trinajstić information content (AvgIpc) is 3.90. The van der Waals surface area contributed by atoms with E-state index in [1.807, 2.05) is 12.1 Å². The van der Waals surface area contributed by atoms with Crippen LogP contribution in [0.25, 0.3) is 60.4 Å². The van der Waals surface area contributed by atoms with Gasteiger partial charge in [-0.2, -0.15) is 0 Å². The number of aromatic nitrogens is 2. The molecular formula is C60H44B2N2O4. The van der Waals surface area contributed by atoms with E-state index in [0.717, 1.165) is 101 Å². The van der Waals surface area contributed by atoms with Crippen molar-refractivity contribution < 1.29 is 18.9 Å². The lowest BCUT2D eigenvalue weighted by atomic mass is 9.31. The third-order valence-corrected chi connectivity index (χ3v) is 15.0. The molecule has 9 aromatic carbocycles. The van der Waals surface area contributed by atoms with Gasteiger partial charge >= 0.3 is 0 Å². The highest BCUT2D eigenvalue weighted by atomic mass is 16.5. The molecule has 5 heterocycles. The number of ether oxygens (including phenoxy) is 4. The van der Waals surface area contributed by atoms with E-state index in [4.69, 9.17) is 18.9 Å². The molecule has 0 saturated heterocycles. The summed E-state index contributed by atoms with van der Waals surface area (Å²) in [5.41, 5.74) is 13.3. The number of hydrogen-bond acceptors (Lipinski definition) is 4. The molecular weight excluding hydrogens is 834 g/mol. The van der Waals surface area contributed by atoms with Crippen molar-refractivity contribution >= 4 is 84.4 Å². The lowest BCUT2D eigenvalue weighted by Gasteiger charge is -2.35. The number of nitrogens with zero attached hydrogens (tertiary/aromatic N) is 2. The van der Waals surface area contributed by atoms with Gasteiger partial charge in [0, 0.05) is 67.2 Å². The molecule has 0 bridgehead atoms. The van der Waals surface area contributed by atoms with E-state index in [1.54, 1.807) is 0 Å². The van der Waals surface area contributed by atoms with Crippen LogP contribution < -0.4 is 46.3 Å². The Hall–Kier alpha value is -8.09. The van der Waals surface area contributed by atoms with Crippen molar-refractivity contribution in [2.24, 2.45) is 0 Å². The van der Waals surface area contributed by atoms with Gasteiger partial charge in [0.1, 0.15) is 40.2 Å². The van der Waals surface area contributed by atoms with Crippen LogP contribution in [0.3, 0.4) is 0 Å². The van der Waals surface area contributed by atoms with Crippen molar-refractivity contribution in [1.82, 2.24) is 9.13 Å². The summed E-state index contributed by atoms with van der Waals surface area (Å²) in [5, 5.41) is 4.85. The minimum atomic E-state index is -0.0192. The lowest BCUT2D eigenvalue weighted by Crippen LogP contribution is -2.57. The molecule has 2 atom stereocenters. The molecule has 324 valence electrons. The van der Waals surface area contributed by atoms with Crippen molar-refractivity contribution in [2.75, 3.05) is 6.61 Å². The van der Waals surface area contributed by atoms with E-state index in [1.165, 1.54) is 27.3 Å². The highest BCUT2D eigenvalue weighted by Gasteiger charge is 2.42. The second-order valence-electron chi connectivity index (χ2n) is 18.6. The van der Waals surface area contributed by atoms with Gasteiger partial charge in [-0.05, 0) is 90.1 Å². The molecule has 6 nitrogen and oxygen atoms in total. The molecule has 3 aliphatic rings. The number of benzene rings is 9. The minimum absolute atomic E-state index is 0.00761. The predicted octanol–water partition coefficient (Wildman–Crippen LogP) is 12.1. The van der Waals surface area contributed by atoms with Gasteiger partial charge in [-0.15, -0.1) is 0 Å². The van der Waals surface area contributed by atoms with Gasteiger partial charge in [-0.1, -0.05) is 134 Å². The van der Waals surface area contributed by atoms with E-state index >= 15 is 0 Å². The summed E-state index contributed by atoms with van der Waals surface area (Å²) < 4.78 is 32.4. The lowest BCUT2D eigenvalue weighted by molar-refractivity contribution is 0.341. The average molecular weight is 879 g/mol. The molecule has 0 aliphatic carbocycles. The van der Waals surface area contributed by atoms with E-state index in [2.05, 4.69) is 206 Å². The molecule has 8 heteroatoms. The van der Waals surface area contributed by atoms with E-state index in [9.17, 15) is 0 Å². The summed E-state index contributed by atoms with van der Waals surface area (Å²) >= 11 is 0. The standard InChI is InChI=1S/C60H44B2N2O4/c1-4-65-54-32-38(33-55-58(54)61(45-23-8-14-29-51(45)66-55)36(2)37(3)63-48-26-11-5-18-41(48)42-19-6-12-27-49(42)63)40-21-17-22-44-43-20-7-13-28-50(43)64(60(40)44)39-34-56-59-57(35-39)68-53-31-16-10-25-47(53)62(59)46-24-9-15-30-52(46)67-56/h5-37H,4H2,1-3H3/t36?,37-/m1/s1. The first-order valence-corrected chi connectivity index (χ1v) is 23.8. The van der Waals surface area contributed by atoms with Gasteiger partial charge in [0.05, 0.1) is 23.3 Å². The molecule has 3 aliphatic heterocycles. The quantitative estimate of drug-likeness (QED) is 0.150. The first-order valence-electron chi connectivity index (χ1n) is 23.8. The van der Waals surface area contributed by atoms with E-state index in [0.29, 0.717) is 6.61 Å². The van der Waals surface area contributed by atoms with Crippen molar-refractivity contribution in [1.29, 1.82) is 0 Å². The van der Waals surface area contributed by atoms with Crippen LogP contribution >= 0.6 is 0 Å². The molecule has 0 spiro atoms. The Labute approximate surface area is 395 Å². The summed E-state index contributed by atoms with van der Waals surface area (Å²) in [7, 11) is 0. The highest BCUT2D eigenvalue weighted by Crippen LogP contribution is 2.45. The van der Waals surface area contributed by atoms with E-state index in [-0.39, 0.29) is 25.3 Å². The van der Waals surface area contributed by atoms with Crippen LogP contribution in [0.1, 0.15) is 26.8 Å². The third kappa shape index (κ3) is 5.61. The Morgan fingerprint density at radius 3 is 1.60 bits per heavy atom. The topological polar surface area (TPSA) is 46.8 Å². The Morgan fingerprint density at radius 1 is 0.485 bits per heavy atom. The summed E-state index contributed by atoms with van der Waals surface area (Å²) in [6, 6.07) is 67.3. The Bertz CT molecular complexity index is 3770. The Kier molecular flexibility index (Phi) is 8.61. The zero-order valence-corrected chi connectivity index (χ0v) is 37.9. The van der Waals surface area contributed by atoms with Crippen LogP contribution in [-0.4, -0.2) is 29.2 Å². The van der Waals surface area contributed by atoms with Crippen molar-refractivity contribution in [2.45, 2.75) is 32.6 Å². The maximum Gasteiger partial charge on any atom is 0.260 e. The van der Waals surface area contributed by atoms with Gasteiger partial charge < -0.3 is 28.1 Å². The number of hydrogen-bond donors (Lipinski definition) is 0. The molecule has 68 heavy (non-hydrogen) atoms. The van der Waals surface area contributed by atoms with Gasteiger partial charge in [-0.25, -0.2) is 0 Å². The van der Waals surface area contributed by atoms with Crippen LogP contribution in [0.4, 0.5) is 0 Å². The van der Waals surface area contributed by atoms with Crippen LogP contribution in [0.5, 0.6) is 40.2 Å². The zero-order valence-electron chi connectivity index (χ0n) is 37.9.